The third-order valence-corrected chi connectivity index (χ3v) is 3.85. The van der Waals surface area contributed by atoms with E-state index in [2.05, 4.69) is 23.8 Å². The molecule has 18 heavy (non-hydrogen) atoms. The summed E-state index contributed by atoms with van der Waals surface area (Å²) in [6.45, 7) is 7.94. The van der Waals surface area contributed by atoms with Crippen molar-refractivity contribution in [3.8, 4) is 0 Å². The third kappa shape index (κ3) is 2.82. The van der Waals surface area contributed by atoms with E-state index in [1.807, 2.05) is 31.2 Å². The second-order valence-electron chi connectivity index (χ2n) is 4.18. The highest BCUT2D eigenvalue weighted by Gasteiger charge is 2.20. The first-order chi connectivity index (χ1) is 8.60. The second-order valence-corrected chi connectivity index (χ2v) is 5.30. The zero-order valence-corrected chi connectivity index (χ0v) is 11.4. The fraction of sp³-hybridized carbons (Fsp3) is 0.286. The lowest BCUT2D eigenvalue weighted by atomic mass is 10.1. The second kappa shape index (κ2) is 5.40. The van der Waals surface area contributed by atoms with E-state index >= 15 is 0 Å². The highest BCUT2D eigenvalue weighted by molar-refractivity contribution is 8.17. The summed E-state index contributed by atoms with van der Waals surface area (Å²) < 4.78 is 0. The fourth-order valence-electron chi connectivity index (χ4n) is 1.60. The monoisotopic (exact) mass is 260 g/mol. The molecule has 94 valence electrons. The first kappa shape index (κ1) is 12.9. The lowest BCUT2D eigenvalue weighted by Crippen LogP contribution is -2.27. The van der Waals surface area contributed by atoms with E-state index in [1.165, 1.54) is 17.3 Å². The number of amides is 1. The number of benzene rings is 1. The number of rotatable bonds is 2. The Kier molecular flexibility index (Phi) is 3.87. The molecule has 0 saturated carbocycles. The number of aryl methyl sites for hydroxylation is 1. The van der Waals surface area contributed by atoms with Crippen LogP contribution in [0.15, 0.2) is 40.7 Å². The quantitative estimate of drug-likeness (QED) is 0.888. The van der Waals surface area contributed by atoms with Crippen molar-refractivity contribution in [2.45, 2.75) is 26.3 Å². The van der Waals surface area contributed by atoms with Gasteiger partial charge >= 0.3 is 0 Å². The summed E-state index contributed by atoms with van der Waals surface area (Å²) in [5.41, 5.74) is 1.88. The minimum absolute atomic E-state index is 0.0766. The van der Waals surface area contributed by atoms with E-state index in [-0.39, 0.29) is 11.9 Å². The molecule has 0 aromatic heterocycles. The van der Waals surface area contributed by atoms with Gasteiger partial charge in [0.15, 0.2) is 5.17 Å². The van der Waals surface area contributed by atoms with Crippen LogP contribution in [0.1, 0.15) is 29.8 Å². The van der Waals surface area contributed by atoms with E-state index in [1.54, 1.807) is 0 Å². The van der Waals surface area contributed by atoms with Gasteiger partial charge in [-0.05, 0) is 31.0 Å². The molecule has 1 aromatic carbocycles. The van der Waals surface area contributed by atoms with Gasteiger partial charge in [0.1, 0.15) is 0 Å². The van der Waals surface area contributed by atoms with Crippen LogP contribution < -0.4 is 5.32 Å². The number of hydrogen-bond donors (Lipinski definition) is 1. The Morgan fingerprint density at radius 1 is 1.44 bits per heavy atom. The lowest BCUT2D eigenvalue weighted by Gasteiger charge is -2.04. The number of thioether (sulfide) groups is 1. The molecule has 0 radical (unpaired) electrons. The van der Waals surface area contributed by atoms with E-state index in [0.29, 0.717) is 10.7 Å². The summed E-state index contributed by atoms with van der Waals surface area (Å²) in [6.07, 6.45) is 0.974. The van der Waals surface area contributed by atoms with Crippen LogP contribution in [0.25, 0.3) is 0 Å². The zero-order valence-electron chi connectivity index (χ0n) is 10.6. The molecule has 0 fully saturated rings. The van der Waals surface area contributed by atoms with E-state index < -0.39 is 0 Å². The number of carbonyl (C=O) groups excluding carboxylic acids is 1. The molecule has 0 saturated heterocycles. The maximum Gasteiger partial charge on any atom is 0.257 e. The molecule has 1 amide bonds. The normalized spacial score (nSPS) is 18.7. The molecule has 1 atom stereocenters. The predicted molar refractivity (Wildman–Crippen MR) is 76.9 cm³/mol. The molecule has 2 rings (SSSR count). The van der Waals surface area contributed by atoms with Gasteiger partial charge in [0.25, 0.3) is 5.91 Å². The Morgan fingerprint density at radius 2 is 2.11 bits per heavy atom. The Morgan fingerprint density at radius 3 is 2.61 bits per heavy atom. The lowest BCUT2D eigenvalue weighted by molar-refractivity contribution is 0.0978. The summed E-state index contributed by atoms with van der Waals surface area (Å²) >= 11 is 1.43. The SMILES string of the molecule is C=C1SC(NC(=O)c2ccc(CC)cc2)=NC1C. The minimum Gasteiger partial charge on any atom is -0.301 e. The summed E-state index contributed by atoms with van der Waals surface area (Å²) in [4.78, 5) is 17.3. The Labute approximate surface area is 111 Å². The molecule has 0 bridgehead atoms. The maximum atomic E-state index is 12.0. The van der Waals surface area contributed by atoms with Gasteiger partial charge in [-0.2, -0.15) is 0 Å². The first-order valence-electron chi connectivity index (χ1n) is 5.95. The number of nitrogens with zero attached hydrogens (tertiary/aromatic N) is 1. The summed E-state index contributed by atoms with van der Waals surface area (Å²) in [6, 6.07) is 7.70. The number of amidine groups is 1. The van der Waals surface area contributed by atoms with Gasteiger partial charge in [-0.1, -0.05) is 37.4 Å². The molecule has 1 aliphatic rings. The van der Waals surface area contributed by atoms with Gasteiger partial charge in [0.05, 0.1) is 6.04 Å². The Bertz CT molecular complexity index is 505. The van der Waals surface area contributed by atoms with Crippen molar-refractivity contribution in [1.82, 2.24) is 5.32 Å². The minimum atomic E-state index is -0.120. The Balaban J connectivity index is 2.04. The van der Waals surface area contributed by atoms with Crippen molar-refractivity contribution < 1.29 is 4.79 Å². The summed E-state index contributed by atoms with van der Waals surface area (Å²) in [5.74, 6) is -0.120. The molecule has 4 heteroatoms. The summed E-state index contributed by atoms with van der Waals surface area (Å²) in [7, 11) is 0. The predicted octanol–water partition coefficient (Wildman–Crippen LogP) is 2.98. The maximum absolute atomic E-state index is 12.0. The molecule has 0 spiro atoms. The molecule has 3 nitrogen and oxygen atoms in total. The van der Waals surface area contributed by atoms with Crippen LogP contribution in [0.3, 0.4) is 0 Å². The molecule has 0 aliphatic carbocycles. The van der Waals surface area contributed by atoms with Crippen molar-refractivity contribution in [1.29, 1.82) is 0 Å². The van der Waals surface area contributed by atoms with Gasteiger partial charge in [-0.25, -0.2) is 0 Å². The van der Waals surface area contributed by atoms with Crippen molar-refractivity contribution in [2.24, 2.45) is 4.99 Å². The van der Waals surface area contributed by atoms with Crippen LogP contribution in [0.2, 0.25) is 0 Å². The number of hydrogen-bond acceptors (Lipinski definition) is 3. The van der Waals surface area contributed by atoms with Gasteiger partial charge in [-0.15, -0.1) is 0 Å². The smallest absolute Gasteiger partial charge is 0.257 e. The van der Waals surface area contributed by atoms with Gasteiger partial charge < -0.3 is 5.32 Å². The number of nitrogens with one attached hydrogen (secondary N) is 1. The Hall–Kier alpha value is -1.55. The van der Waals surface area contributed by atoms with Gasteiger partial charge in [0, 0.05) is 10.5 Å². The van der Waals surface area contributed by atoms with Crippen molar-refractivity contribution >= 4 is 22.8 Å². The molecular weight excluding hydrogens is 244 g/mol. The molecule has 1 heterocycles. The first-order valence-corrected chi connectivity index (χ1v) is 6.76. The van der Waals surface area contributed by atoms with E-state index in [4.69, 9.17) is 0 Å². The molecule has 1 aromatic rings. The highest BCUT2D eigenvalue weighted by atomic mass is 32.2. The van der Waals surface area contributed by atoms with Crippen molar-refractivity contribution in [2.75, 3.05) is 0 Å². The van der Waals surface area contributed by atoms with Gasteiger partial charge in [0.2, 0.25) is 0 Å². The van der Waals surface area contributed by atoms with Crippen LogP contribution in [-0.4, -0.2) is 17.1 Å². The molecular formula is C14H16N2OS. The molecule has 1 unspecified atom stereocenters. The number of aliphatic imine (C=N–C) groups is 1. The van der Waals surface area contributed by atoms with Crippen LogP contribution in [-0.2, 0) is 6.42 Å². The van der Waals surface area contributed by atoms with Gasteiger partial charge in [-0.3, -0.25) is 9.79 Å². The number of carbonyl (C=O) groups is 1. The largest absolute Gasteiger partial charge is 0.301 e. The van der Waals surface area contributed by atoms with Crippen molar-refractivity contribution in [3.05, 3.63) is 46.9 Å². The van der Waals surface area contributed by atoms with Crippen LogP contribution >= 0.6 is 11.8 Å². The van der Waals surface area contributed by atoms with Crippen molar-refractivity contribution in [3.63, 3.8) is 0 Å². The molecule has 1 aliphatic heterocycles. The van der Waals surface area contributed by atoms with E-state index in [9.17, 15) is 4.79 Å². The standard InChI is InChI=1S/C14H16N2OS/c1-4-11-5-7-12(8-6-11)13(17)16-14-15-9(2)10(3)18-14/h5-9H,3-4H2,1-2H3,(H,15,16,17). The average molecular weight is 260 g/mol. The topological polar surface area (TPSA) is 41.5 Å². The van der Waals surface area contributed by atoms with Crippen LogP contribution in [0.5, 0.6) is 0 Å². The zero-order chi connectivity index (χ0) is 13.1. The van der Waals surface area contributed by atoms with E-state index in [0.717, 1.165) is 11.3 Å². The fourth-order valence-corrected chi connectivity index (χ4v) is 2.43. The van der Waals surface area contributed by atoms with Crippen LogP contribution in [0, 0.1) is 0 Å². The average Bonchev–Trinajstić information content (AvgIpc) is 2.68. The third-order valence-electron chi connectivity index (χ3n) is 2.85. The molecule has 1 N–H and O–H groups in total. The highest BCUT2D eigenvalue weighted by Crippen LogP contribution is 2.27. The van der Waals surface area contributed by atoms with Crippen LogP contribution in [0.4, 0.5) is 0 Å². The summed E-state index contributed by atoms with van der Waals surface area (Å²) in [5, 5.41) is 3.44.